The van der Waals surface area contributed by atoms with Crippen molar-refractivity contribution in [3.05, 3.63) is 35.4 Å². The van der Waals surface area contributed by atoms with Gasteiger partial charge in [-0.25, -0.2) is 0 Å². The van der Waals surface area contributed by atoms with Crippen LogP contribution in [0.25, 0.3) is 5.57 Å². The third-order valence-corrected chi connectivity index (χ3v) is 5.10. The molecule has 0 radical (unpaired) electrons. The van der Waals surface area contributed by atoms with Crippen molar-refractivity contribution < 1.29 is 9.84 Å². The normalized spacial score (nSPS) is 29.7. The largest absolute Gasteiger partial charge is 0.483 e. The van der Waals surface area contributed by atoms with Crippen LogP contribution in [0.4, 0.5) is 0 Å². The van der Waals surface area contributed by atoms with Crippen molar-refractivity contribution in [1.82, 2.24) is 0 Å². The first-order chi connectivity index (χ1) is 9.79. The van der Waals surface area contributed by atoms with Crippen molar-refractivity contribution in [2.24, 2.45) is 11.8 Å². The van der Waals surface area contributed by atoms with E-state index in [0.717, 1.165) is 12.2 Å². The topological polar surface area (TPSA) is 29.5 Å². The first-order valence-corrected chi connectivity index (χ1v) is 7.96. The average molecular weight is 286 g/mol. The summed E-state index contributed by atoms with van der Waals surface area (Å²) in [6.07, 6.45) is 3.31. The molecule has 3 rings (SSSR count). The molecule has 1 aromatic carbocycles. The summed E-state index contributed by atoms with van der Waals surface area (Å²) in [6.45, 7) is 11.1. The summed E-state index contributed by atoms with van der Waals surface area (Å²) in [5.74, 6) is 2.00. The van der Waals surface area contributed by atoms with Crippen molar-refractivity contribution in [2.45, 2.75) is 52.1 Å². The molecule has 1 N–H and O–H groups in total. The summed E-state index contributed by atoms with van der Waals surface area (Å²) in [4.78, 5) is 0. The number of ether oxygens (including phenoxy) is 1. The van der Waals surface area contributed by atoms with Gasteiger partial charge in [-0.15, -0.1) is 0 Å². The molecule has 2 heteroatoms. The van der Waals surface area contributed by atoms with E-state index in [4.69, 9.17) is 4.74 Å². The highest BCUT2D eigenvalue weighted by molar-refractivity contribution is 5.75. The molecule has 114 valence electrons. The van der Waals surface area contributed by atoms with Gasteiger partial charge in [-0.05, 0) is 55.4 Å². The summed E-state index contributed by atoms with van der Waals surface area (Å²) in [6, 6.07) is 6.51. The average Bonchev–Trinajstić information content (AvgIpc) is 3.08. The van der Waals surface area contributed by atoms with Gasteiger partial charge < -0.3 is 9.84 Å². The van der Waals surface area contributed by atoms with Crippen LogP contribution < -0.4 is 4.74 Å². The maximum Gasteiger partial charge on any atom is 0.128 e. The molecule has 1 saturated carbocycles. The lowest BCUT2D eigenvalue weighted by Crippen LogP contribution is -2.30. The SMILES string of the molecule is CC(C)C1=CC(C)(C)Oc2cc([C@@]3(CO)C[C@@H]3C)ccc21. The zero-order valence-corrected chi connectivity index (χ0v) is 13.7. The minimum absolute atomic E-state index is 0.0400. The molecule has 1 aliphatic heterocycles. The Morgan fingerprint density at radius 2 is 2.00 bits per heavy atom. The number of rotatable bonds is 3. The number of hydrogen-bond donors (Lipinski definition) is 1. The Hall–Kier alpha value is -1.28. The summed E-state index contributed by atoms with van der Waals surface area (Å²) in [5.41, 5.74) is 3.47. The molecule has 1 aliphatic carbocycles. The number of aliphatic hydroxyl groups excluding tert-OH is 1. The van der Waals surface area contributed by atoms with Gasteiger partial charge in [-0.3, -0.25) is 0 Å². The molecule has 2 aliphatic rings. The van der Waals surface area contributed by atoms with Crippen molar-refractivity contribution >= 4 is 5.57 Å². The van der Waals surface area contributed by atoms with Crippen molar-refractivity contribution in [3.63, 3.8) is 0 Å². The fraction of sp³-hybridized carbons (Fsp3) is 0.579. The lowest BCUT2D eigenvalue weighted by atomic mass is 9.85. The molecule has 0 amide bonds. The van der Waals surface area contributed by atoms with Crippen LogP contribution in [0.2, 0.25) is 0 Å². The minimum Gasteiger partial charge on any atom is -0.483 e. The number of fused-ring (bicyclic) bond motifs is 1. The van der Waals surface area contributed by atoms with Crippen molar-refractivity contribution in [3.8, 4) is 5.75 Å². The van der Waals surface area contributed by atoms with E-state index in [9.17, 15) is 5.11 Å². The molecule has 0 spiro atoms. The second-order valence-electron chi connectivity index (χ2n) is 7.59. The maximum atomic E-state index is 9.78. The monoisotopic (exact) mass is 286 g/mol. The van der Waals surface area contributed by atoms with E-state index in [2.05, 4.69) is 58.9 Å². The van der Waals surface area contributed by atoms with Crippen LogP contribution in [0.5, 0.6) is 5.75 Å². The third kappa shape index (κ3) is 2.30. The van der Waals surface area contributed by atoms with Crippen LogP contribution in [0.3, 0.4) is 0 Å². The van der Waals surface area contributed by atoms with Crippen LogP contribution >= 0.6 is 0 Å². The van der Waals surface area contributed by atoms with E-state index in [1.807, 2.05) is 0 Å². The molecular weight excluding hydrogens is 260 g/mol. The molecule has 0 unspecified atom stereocenters. The molecule has 0 aromatic heterocycles. The van der Waals surface area contributed by atoms with E-state index < -0.39 is 0 Å². The highest BCUT2D eigenvalue weighted by atomic mass is 16.5. The summed E-state index contributed by atoms with van der Waals surface area (Å²) in [5, 5.41) is 9.78. The lowest BCUT2D eigenvalue weighted by molar-refractivity contribution is 0.156. The Morgan fingerprint density at radius 3 is 2.52 bits per heavy atom. The molecule has 1 fully saturated rings. The minimum atomic E-state index is -0.271. The predicted octanol–water partition coefficient (Wildman–Crippen LogP) is 4.17. The standard InChI is InChI=1S/C19H26O2/c1-12(2)16-10-18(4,5)21-17-8-14(6-7-15(16)17)19(11-20)9-13(19)3/h6-8,10,12-13,20H,9,11H2,1-5H3/t13-,19+/m0/s1. The van der Waals surface area contributed by atoms with Gasteiger partial charge in [0.15, 0.2) is 0 Å². The molecule has 0 saturated heterocycles. The van der Waals surface area contributed by atoms with Gasteiger partial charge in [0.1, 0.15) is 11.4 Å². The van der Waals surface area contributed by atoms with Crippen molar-refractivity contribution in [1.29, 1.82) is 0 Å². The first kappa shape index (κ1) is 14.6. The molecule has 1 aromatic rings. The Bertz CT molecular complexity index is 594. The van der Waals surface area contributed by atoms with E-state index in [0.29, 0.717) is 11.8 Å². The lowest BCUT2D eigenvalue weighted by Gasteiger charge is -2.33. The molecule has 2 nitrogen and oxygen atoms in total. The highest BCUT2D eigenvalue weighted by Gasteiger charge is 2.52. The maximum absolute atomic E-state index is 9.78. The molecule has 2 atom stereocenters. The molecule has 0 bridgehead atoms. The van der Waals surface area contributed by atoms with Gasteiger partial charge in [0.2, 0.25) is 0 Å². The summed E-state index contributed by atoms with van der Waals surface area (Å²) >= 11 is 0. The zero-order chi connectivity index (χ0) is 15.4. The fourth-order valence-electron chi connectivity index (χ4n) is 3.60. The van der Waals surface area contributed by atoms with Crippen LogP contribution in [-0.4, -0.2) is 17.3 Å². The van der Waals surface area contributed by atoms with Gasteiger partial charge in [0, 0.05) is 11.0 Å². The van der Waals surface area contributed by atoms with Crippen molar-refractivity contribution in [2.75, 3.05) is 6.61 Å². The Balaban J connectivity index is 2.06. The van der Waals surface area contributed by atoms with Gasteiger partial charge >= 0.3 is 0 Å². The van der Waals surface area contributed by atoms with Gasteiger partial charge in [0.05, 0.1) is 6.61 Å². The third-order valence-electron chi connectivity index (χ3n) is 5.10. The highest BCUT2D eigenvalue weighted by Crippen LogP contribution is 2.55. The van der Waals surface area contributed by atoms with E-state index >= 15 is 0 Å². The van der Waals surface area contributed by atoms with Crippen LogP contribution in [0, 0.1) is 11.8 Å². The smallest absolute Gasteiger partial charge is 0.128 e. The predicted molar refractivity (Wildman–Crippen MR) is 86.5 cm³/mol. The van der Waals surface area contributed by atoms with Gasteiger partial charge in [0.25, 0.3) is 0 Å². The number of hydrogen-bond acceptors (Lipinski definition) is 2. The van der Waals surface area contributed by atoms with E-state index in [-0.39, 0.29) is 17.6 Å². The number of aliphatic hydroxyl groups is 1. The van der Waals surface area contributed by atoms with E-state index in [1.165, 1.54) is 16.7 Å². The Labute approximate surface area is 127 Å². The van der Waals surface area contributed by atoms with Crippen LogP contribution in [-0.2, 0) is 5.41 Å². The first-order valence-electron chi connectivity index (χ1n) is 7.96. The fourth-order valence-corrected chi connectivity index (χ4v) is 3.60. The van der Waals surface area contributed by atoms with Gasteiger partial charge in [-0.2, -0.15) is 0 Å². The molecule has 21 heavy (non-hydrogen) atoms. The molecule has 1 heterocycles. The summed E-state index contributed by atoms with van der Waals surface area (Å²) < 4.78 is 6.19. The Morgan fingerprint density at radius 1 is 1.33 bits per heavy atom. The van der Waals surface area contributed by atoms with Crippen LogP contribution in [0.1, 0.15) is 52.2 Å². The van der Waals surface area contributed by atoms with Crippen LogP contribution in [0.15, 0.2) is 24.3 Å². The Kier molecular flexibility index (Phi) is 3.21. The second-order valence-corrected chi connectivity index (χ2v) is 7.59. The zero-order valence-electron chi connectivity index (χ0n) is 13.7. The van der Waals surface area contributed by atoms with E-state index in [1.54, 1.807) is 0 Å². The second kappa shape index (κ2) is 4.61. The number of allylic oxidation sites excluding steroid dienone is 1. The summed E-state index contributed by atoms with van der Waals surface area (Å²) in [7, 11) is 0. The van der Waals surface area contributed by atoms with Gasteiger partial charge in [-0.1, -0.05) is 32.9 Å². The quantitative estimate of drug-likeness (QED) is 0.903. The molecular formula is C19H26O2. The number of benzene rings is 1.